The lowest BCUT2D eigenvalue weighted by Crippen LogP contribution is -2.47. The van der Waals surface area contributed by atoms with Crippen molar-refractivity contribution in [1.82, 2.24) is 0 Å². The molecule has 12 heteroatoms. The average Bonchev–Trinajstić information content (AvgIpc) is 3.00. The van der Waals surface area contributed by atoms with Crippen LogP contribution in [-0.2, 0) is 23.9 Å². The van der Waals surface area contributed by atoms with Crippen LogP contribution in [0.3, 0.4) is 0 Å². The standard InChI is InChI=1S/C31H29N3O9/c1-4-42-30(36)26-18-25(20-8-14-23(15-9-20)33(38)39)27(29(35)31(37)43-5-2)28(21-10-16-24(17-11-21)34(40)41)32(26)22-12-6-19(3)7-13-22/h6-18,25,27-28H,4-5H2,1-3H3/t25-,27+,28-/m0/s1. The second-order valence-corrected chi connectivity index (χ2v) is 9.76. The number of esters is 2. The van der Waals surface area contributed by atoms with Crippen molar-refractivity contribution in [1.29, 1.82) is 0 Å². The number of carbonyl (C=O) groups excluding carboxylic acids is 3. The number of benzene rings is 3. The van der Waals surface area contributed by atoms with Gasteiger partial charge in [-0.15, -0.1) is 0 Å². The van der Waals surface area contributed by atoms with Crippen LogP contribution in [-0.4, -0.2) is 40.8 Å². The Morgan fingerprint density at radius 2 is 1.28 bits per heavy atom. The van der Waals surface area contributed by atoms with Crippen LogP contribution in [0, 0.1) is 33.1 Å². The van der Waals surface area contributed by atoms with Gasteiger partial charge in [0.2, 0.25) is 5.78 Å². The van der Waals surface area contributed by atoms with E-state index in [0.29, 0.717) is 16.8 Å². The minimum Gasteiger partial charge on any atom is -0.461 e. The molecule has 0 aliphatic carbocycles. The predicted molar refractivity (Wildman–Crippen MR) is 155 cm³/mol. The Bertz CT molecular complexity index is 1570. The molecule has 0 bridgehead atoms. The summed E-state index contributed by atoms with van der Waals surface area (Å²) in [4.78, 5) is 63.7. The molecule has 3 atom stereocenters. The lowest BCUT2D eigenvalue weighted by atomic mass is 9.72. The Hall–Kier alpha value is -5.39. The van der Waals surface area contributed by atoms with E-state index < -0.39 is 45.4 Å². The van der Waals surface area contributed by atoms with Crippen molar-refractivity contribution in [3.8, 4) is 0 Å². The molecule has 12 nitrogen and oxygen atoms in total. The predicted octanol–water partition coefficient (Wildman–Crippen LogP) is 5.35. The van der Waals surface area contributed by atoms with Crippen molar-refractivity contribution < 1.29 is 33.7 Å². The summed E-state index contributed by atoms with van der Waals surface area (Å²) in [7, 11) is 0. The third-order valence-electron chi connectivity index (χ3n) is 7.11. The monoisotopic (exact) mass is 587 g/mol. The Labute approximate surface area is 246 Å². The molecule has 0 unspecified atom stereocenters. The molecule has 3 aromatic carbocycles. The normalized spacial score (nSPS) is 17.9. The van der Waals surface area contributed by atoms with Gasteiger partial charge in [0.25, 0.3) is 11.4 Å². The number of allylic oxidation sites excluding steroid dienone is 1. The summed E-state index contributed by atoms with van der Waals surface area (Å²) < 4.78 is 10.5. The van der Waals surface area contributed by atoms with Crippen LogP contribution >= 0.6 is 0 Å². The first kappa shape index (κ1) is 30.6. The van der Waals surface area contributed by atoms with Gasteiger partial charge in [-0.3, -0.25) is 25.0 Å². The van der Waals surface area contributed by atoms with Crippen LogP contribution in [0.25, 0.3) is 0 Å². The summed E-state index contributed by atoms with van der Waals surface area (Å²) in [6.45, 7) is 5.08. The van der Waals surface area contributed by atoms with Gasteiger partial charge in [0, 0.05) is 35.9 Å². The van der Waals surface area contributed by atoms with Crippen molar-refractivity contribution in [3.05, 3.63) is 121 Å². The molecule has 3 aromatic rings. The number of carbonyl (C=O) groups is 3. The number of anilines is 1. The molecule has 1 aliphatic rings. The molecular weight excluding hydrogens is 558 g/mol. The van der Waals surface area contributed by atoms with E-state index in [1.165, 1.54) is 54.6 Å². The number of rotatable bonds is 10. The van der Waals surface area contributed by atoms with Gasteiger partial charge in [0.1, 0.15) is 5.70 Å². The molecule has 0 aromatic heterocycles. The number of hydrogen-bond donors (Lipinski definition) is 0. The van der Waals surface area contributed by atoms with Gasteiger partial charge in [-0.2, -0.15) is 0 Å². The zero-order chi connectivity index (χ0) is 31.3. The maximum Gasteiger partial charge on any atom is 0.375 e. The number of aryl methyl sites for hydroxylation is 1. The Kier molecular flexibility index (Phi) is 9.29. The minimum atomic E-state index is -1.22. The minimum absolute atomic E-state index is 0.0491. The highest BCUT2D eigenvalue weighted by Crippen LogP contribution is 2.48. The third kappa shape index (κ3) is 6.43. The van der Waals surface area contributed by atoms with Crippen LogP contribution < -0.4 is 4.90 Å². The van der Waals surface area contributed by atoms with E-state index in [1.54, 1.807) is 30.9 Å². The zero-order valence-corrected chi connectivity index (χ0v) is 23.7. The van der Waals surface area contributed by atoms with Crippen molar-refractivity contribution in [2.45, 2.75) is 32.7 Å². The molecule has 4 rings (SSSR count). The molecular formula is C31H29N3O9. The van der Waals surface area contributed by atoms with Gasteiger partial charge >= 0.3 is 11.9 Å². The number of nitrogens with zero attached hydrogens (tertiary/aromatic N) is 3. The number of Topliss-reactive ketones (excluding diaryl/α,β-unsaturated/α-hetero) is 1. The molecule has 0 saturated carbocycles. The molecule has 0 spiro atoms. The van der Waals surface area contributed by atoms with Gasteiger partial charge in [-0.1, -0.05) is 42.0 Å². The summed E-state index contributed by atoms with van der Waals surface area (Å²) in [5.41, 5.74) is 1.93. The van der Waals surface area contributed by atoms with E-state index in [9.17, 15) is 34.6 Å². The summed E-state index contributed by atoms with van der Waals surface area (Å²) in [6.07, 6.45) is 1.52. The number of non-ortho nitro benzene ring substituents is 2. The van der Waals surface area contributed by atoms with Gasteiger partial charge in [-0.05, 0) is 50.1 Å². The topological polar surface area (TPSA) is 159 Å². The Morgan fingerprint density at radius 3 is 1.77 bits per heavy atom. The molecule has 222 valence electrons. The van der Waals surface area contributed by atoms with E-state index in [1.807, 2.05) is 19.1 Å². The van der Waals surface area contributed by atoms with E-state index in [2.05, 4.69) is 0 Å². The highest BCUT2D eigenvalue weighted by atomic mass is 16.6. The fraction of sp³-hybridized carbons (Fsp3) is 0.258. The molecule has 0 amide bonds. The maximum atomic E-state index is 14.0. The van der Waals surface area contributed by atoms with E-state index in [0.717, 1.165) is 5.56 Å². The molecule has 0 N–H and O–H groups in total. The maximum absolute atomic E-state index is 14.0. The summed E-state index contributed by atoms with van der Waals surface area (Å²) >= 11 is 0. The number of nitro benzene ring substituents is 2. The van der Waals surface area contributed by atoms with E-state index in [4.69, 9.17) is 9.47 Å². The smallest absolute Gasteiger partial charge is 0.375 e. The zero-order valence-electron chi connectivity index (χ0n) is 23.7. The van der Waals surface area contributed by atoms with Gasteiger partial charge in [0.15, 0.2) is 0 Å². The Balaban J connectivity index is 2.05. The van der Waals surface area contributed by atoms with Crippen molar-refractivity contribution in [3.63, 3.8) is 0 Å². The summed E-state index contributed by atoms with van der Waals surface area (Å²) in [6, 6.07) is 17.0. The van der Waals surface area contributed by atoms with Crippen LogP contribution in [0.15, 0.2) is 84.6 Å². The first-order valence-electron chi connectivity index (χ1n) is 13.5. The number of nitro groups is 2. The second-order valence-electron chi connectivity index (χ2n) is 9.76. The van der Waals surface area contributed by atoms with Gasteiger partial charge < -0.3 is 14.4 Å². The quantitative estimate of drug-likeness (QED) is 0.131. The Morgan fingerprint density at radius 1 is 0.767 bits per heavy atom. The number of hydrogen-bond acceptors (Lipinski definition) is 10. The highest BCUT2D eigenvalue weighted by molar-refractivity contribution is 6.35. The molecule has 0 radical (unpaired) electrons. The largest absolute Gasteiger partial charge is 0.461 e. The van der Waals surface area contributed by atoms with Gasteiger partial charge in [-0.25, -0.2) is 9.59 Å². The van der Waals surface area contributed by atoms with Crippen molar-refractivity contribution in [2.75, 3.05) is 18.1 Å². The first-order chi connectivity index (χ1) is 20.6. The molecule has 1 heterocycles. The lowest BCUT2D eigenvalue weighted by molar-refractivity contribution is -0.385. The average molecular weight is 588 g/mol. The van der Waals surface area contributed by atoms with Crippen LogP contribution in [0.4, 0.5) is 17.1 Å². The SMILES string of the molecule is CCOC(=O)C(=O)[C@@H]1[C@H](c2ccc([N+](=O)[O-])cc2)C=C(C(=O)OCC)N(c2ccc(C)cc2)[C@H]1c1ccc([N+](=O)[O-])cc1. The van der Waals surface area contributed by atoms with Crippen molar-refractivity contribution >= 4 is 34.8 Å². The van der Waals surface area contributed by atoms with Crippen molar-refractivity contribution in [2.24, 2.45) is 5.92 Å². The van der Waals surface area contributed by atoms with E-state index >= 15 is 0 Å². The lowest BCUT2D eigenvalue weighted by Gasteiger charge is -2.44. The van der Waals surface area contributed by atoms with Crippen LogP contribution in [0.1, 0.15) is 42.5 Å². The second kappa shape index (κ2) is 13.1. The molecule has 43 heavy (non-hydrogen) atoms. The number of ether oxygens (including phenoxy) is 2. The summed E-state index contributed by atoms with van der Waals surface area (Å²) in [5, 5.41) is 22.8. The summed E-state index contributed by atoms with van der Waals surface area (Å²) in [5.74, 6) is -4.86. The highest BCUT2D eigenvalue weighted by Gasteiger charge is 2.48. The fourth-order valence-corrected chi connectivity index (χ4v) is 5.15. The van der Waals surface area contributed by atoms with E-state index in [-0.39, 0.29) is 30.3 Å². The molecule has 0 fully saturated rings. The van der Waals surface area contributed by atoms with Crippen LogP contribution in [0.5, 0.6) is 0 Å². The van der Waals surface area contributed by atoms with Gasteiger partial charge in [0.05, 0.1) is 35.0 Å². The van der Waals surface area contributed by atoms with Crippen LogP contribution in [0.2, 0.25) is 0 Å². The number of ketones is 1. The third-order valence-corrected chi connectivity index (χ3v) is 7.11. The first-order valence-corrected chi connectivity index (χ1v) is 13.5. The fourth-order valence-electron chi connectivity index (χ4n) is 5.15. The molecule has 1 aliphatic heterocycles. The molecule has 0 saturated heterocycles.